The van der Waals surface area contributed by atoms with E-state index in [1.54, 1.807) is 6.66 Å². The molecule has 0 aromatic heterocycles. The van der Waals surface area contributed by atoms with E-state index >= 15 is 0 Å². The van der Waals surface area contributed by atoms with Crippen LogP contribution < -0.4 is 5.30 Å². The minimum atomic E-state index is -1.23. The molecule has 0 fully saturated rings. The molecule has 74 valence electrons. The Morgan fingerprint density at radius 2 is 1.33 bits per heavy atom. The molecular weight excluding hydrogens is 203 g/mol. The van der Waals surface area contributed by atoms with Crippen LogP contribution in [-0.2, 0) is 4.57 Å². The molecule has 0 radical (unpaired) electrons. The third kappa shape index (κ3) is 2.31. The number of hydrogen-bond donors (Lipinski definition) is 0. The van der Waals surface area contributed by atoms with E-state index in [0.29, 0.717) is 0 Å². The predicted molar refractivity (Wildman–Crippen MR) is 65.0 cm³/mol. The Labute approximate surface area is 90.6 Å². The van der Waals surface area contributed by atoms with Crippen LogP contribution in [-0.4, -0.2) is 6.66 Å². The predicted octanol–water partition coefficient (Wildman–Crippen LogP) is 3.44. The van der Waals surface area contributed by atoms with Crippen LogP contribution in [0, 0.1) is 0 Å². The van der Waals surface area contributed by atoms with Gasteiger partial charge in [0.2, 0.25) is 0 Å². The highest BCUT2D eigenvalue weighted by Gasteiger charge is 2.10. The molecule has 0 saturated carbocycles. The van der Waals surface area contributed by atoms with Crippen molar-refractivity contribution in [2.45, 2.75) is 0 Å². The quantitative estimate of drug-likeness (QED) is 0.701. The first-order valence-electron chi connectivity index (χ1n) is 4.84. The van der Waals surface area contributed by atoms with E-state index in [1.165, 1.54) is 5.56 Å². The molecule has 1 atom stereocenters. The molecule has 0 N–H and O–H groups in total. The van der Waals surface area contributed by atoms with E-state index in [1.807, 2.05) is 42.5 Å². The van der Waals surface area contributed by atoms with Crippen molar-refractivity contribution in [3.8, 4) is 11.1 Å². The SMILES string of the molecule is C[P+](=O)c1ccc(-c2ccccc2)cc1. The van der Waals surface area contributed by atoms with Crippen molar-refractivity contribution in [2.24, 2.45) is 0 Å². The van der Waals surface area contributed by atoms with Crippen LogP contribution in [0.2, 0.25) is 0 Å². The van der Waals surface area contributed by atoms with Gasteiger partial charge in [0.1, 0.15) is 6.66 Å². The molecule has 0 aliphatic heterocycles. The molecule has 0 aliphatic rings. The van der Waals surface area contributed by atoms with Crippen LogP contribution in [0.15, 0.2) is 54.6 Å². The van der Waals surface area contributed by atoms with Gasteiger partial charge >= 0.3 is 7.80 Å². The van der Waals surface area contributed by atoms with Gasteiger partial charge in [0.25, 0.3) is 0 Å². The Morgan fingerprint density at radius 1 is 0.800 bits per heavy atom. The van der Waals surface area contributed by atoms with E-state index in [9.17, 15) is 4.57 Å². The van der Waals surface area contributed by atoms with Gasteiger partial charge in [-0.25, -0.2) is 0 Å². The lowest BCUT2D eigenvalue weighted by Gasteiger charge is -1.99. The number of benzene rings is 2. The molecule has 0 spiro atoms. The Hall–Kier alpha value is -1.46. The highest BCUT2D eigenvalue weighted by Crippen LogP contribution is 2.20. The molecule has 0 bridgehead atoms. The maximum absolute atomic E-state index is 11.2. The second-order valence-electron chi connectivity index (χ2n) is 3.41. The molecule has 1 unspecified atom stereocenters. The van der Waals surface area contributed by atoms with Crippen LogP contribution in [0.1, 0.15) is 0 Å². The summed E-state index contributed by atoms with van der Waals surface area (Å²) in [4.78, 5) is 0. The molecule has 2 aromatic carbocycles. The smallest absolute Gasteiger partial charge is 0.0684 e. The zero-order chi connectivity index (χ0) is 10.7. The third-order valence-corrected chi connectivity index (χ3v) is 3.36. The highest BCUT2D eigenvalue weighted by atomic mass is 31.1. The van der Waals surface area contributed by atoms with Gasteiger partial charge < -0.3 is 0 Å². The molecule has 0 aliphatic carbocycles. The third-order valence-electron chi connectivity index (χ3n) is 2.34. The summed E-state index contributed by atoms with van der Waals surface area (Å²) in [6.07, 6.45) is 0. The molecule has 15 heavy (non-hydrogen) atoms. The van der Waals surface area contributed by atoms with E-state index < -0.39 is 7.80 Å². The minimum Gasteiger partial charge on any atom is -0.0684 e. The summed E-state index contributed by atoms with van der Waals surface area (Å²) in [5.74, 6) is 0. The molecule has 2 rings (SSSR count). The van der Waals surface area contributed by atoms with Crippen molar-refractivity contribution in [2.75, 3.05) is 6.66 Å². The van der Waals surface area contributed by atoms with E-state index in [2.05, 4.69) is 12.1 Å². The molecule has 0 heterocycles. The maximum atomic E-state index is 11.2. The largest absolute Gasteiger partial charge is 0.373 e. The van der Waals surface area contributed by atoms with E-state index in [0.717, 1.165) is 10.9 Å². The fraction of sp³-hybridized carbons (Fsp3) is 0.0769. The van der Waals surface area contributed by atoms with Crippen molar-refractivity contribution in [1.29, 1.82) is 0 Å². The van der Waals surface area contributed by atoms with Crippen molar-refractivity contribution in [3.05, 3.63) is 54.6 Å². The van der Waals surface area contributed by atoms with E-state index in [-0.39, 0.29) is 0 Å². The Morgan fingerprint density at radius 3 is 1.87 bits per heavy atom. The minimum absolute atomic E-state index is 0.907. The summed E-state index contributed by atoms with van der Waals surface area (Å²) in [7, 11) is -1.23. The van der Waals surface area contributed by atoms with Gasteiger partial charge in [0.05, 0.1) is 0 Å². The lowest BCUT2D eigenvalue weighted by Crippen LogP contribution is -1.93. The summed E-state index contributed by atoms with van der Waals surface area (Å²) in [5.41, 5.74) is 2.35. The van der Waals surface area contributed by atoms with Crippen molar-refractivity contribution < 1.29 is 4.57 Å². The highest BCUT2D eigenvalue weighted by molar-refractivity contribution is 7.52. The van der Waals surface area contributed by atoms with Crippen LogP contribution >= 0.6 is 7.80 Å². The second kappa shape index (κ2) is 4.37. The van der Waals surface area contributed by atoms with Crippen molar-refractivity contribution >= 4 is 13.1 Å². The molecule has 1 nitrogen and oxygen atoms in total. The molecular formula is C13H12OP+. The molecule has 0 amide bonds. The normalized spacial score (nSPS) is 11.1. The lowest BCUT2D eigenvalue weighted by molar-refractivity contribution is 0.596. The summed E-state index contributed by atoms with van der Waals surface area (Å²) in [6, 6.07) is 18.1. The Balaban J connectivity index is 2.36. The fourth-order valence-electron chi connectivity index (χ4n) is 1.49. The first-order chi connectivity index (χ1) is 7.27. The topological polar surface area (TPSA) is 17.1 Å². The Bertz CT molecular complexity index is 460. The average Bonchev–Trinajstić information content (AvgIpc) is 2.30. The Kier molecular flexibility index (Phi) is 2.94. The molecule has 2 heteroatoms. The van der Waals surface area contributed by atoms with Gasteiger partial charge in [0, 0.05) is 0 Å². The zero-order valence-corrected chi connectivity index (χ0v) is 9.45. The zero-order valence-electron chi connectivity index (χ0n) is 8.55. The summed E-state index contributed by atoms with van der Waals surface area (Å²) in [6.45, 7) is 1.73. The van der Waals surface area contributed by atoms with Gasteiger partial charge in [-0.05, 0) is 35.4 Å². The monoisotopic (exact) mass is 215 g/mol. The first-order valence-corrected chi connectivity index (χ1v) is 6.54. The fourth-order valence-corrected chi connectivity index (χ4v) is 2.06. The molecule has 0 saturated heterocycles. The number of rotatable bonds is 2. The van der Waals surface area contributed by atoms with Crippen LogP contribution in [0.4, 0.5) is 0 Å². The van der Waals surface area contributed by atoms with Crippen LogP contribution in [0.25, 0.3) is 11.1 Å². The van der Waals surface area contributed by atoms with Crippen LogP contribution in [0.3, 0.4) is 0 Å². The maximum Gasteiger partial charge on any atom is 0.373 e. The van der Waals surface area contributed by atoms with Gasteiger partial charge in [-0.1, -0.05) is 34.9 Å². The van der Waals surface area contributed by atoms with Crippen molar-refractivity contribution in [3.63, 3.8) is 0 Å². The van der Waals surface area contributed by atoms with Gasteiger partial charge in [-0.15, -0.1) is 0 Å². The average molecular weight is 215 g/mol. The van der Waals surface area contributed by atoms with Crippen LogP contribution in [0.5, 0.6) is 0 Å². The van der Waals surface area contributed by atoms with Gasteiger partial charge in [-0.2, -0.15) is 0 Å². The lowest BCUT2D eigenvalue weighted by atomic mass is 10.1. The first kappa shape index (κ1) is 10.1. The standard InChI is InChI=1S/C13H12OP/c1-15(14)13-9-7-12(8-10-13)11-5-3-2-4-6-11/h2-10H,1H3/q+1. The summed E-state index contributed by atoms with van der Waals surface area (Å²) < 4.78 is 11.2. The van der Waals surface area contributed by atoms with E-state index in [4.69, 9.17) is 0 Å². The molecule has 2 aromatic rings. The second-order valence-corrected chi connectivity index (χ2v) is 4.92. The summed E-state index contributed by atoms with van der Waals surface area (Å²) in [5, 5.41) is 0.907. The van der Waals surface area contributed by atoms with Gasteiger partial charge in [0.15, 0.2) is 5.30 Å². The van der Waals surface area contributed by atoms with Crippen molar-refractivity contribution in [1.82, 2.24) is 0 Å². The van der Waals surface area contributed by atoms with Gasteiger partial charge in [-0.3, -0.25) is 0 Å². The number of hydrogen-bond acceptors (Lipinski definition) is 1. The summed E-state index contributed by atoms with van der Waals surface area (Å²) >= 11 is 0.